The number of hydrogen-bond donors (Lipinski definition) is 2. The van der Waals surface area contributed by atoms with Gasteiger partial charge in [-0.1, -0.05) is 30.3 Å². The summed E-state index contributed by atoms with van der Waals surface area (Å²) in [4.78, 5) is 22.6. The lowest BCUT2D eigenvalue weighted by molar-refractivity contribution is -0.120. The van der Waals surface area contributed by atoms with Crippen LogP contribution in [0.4, 0.5) is 0 Å². The third-order valence-corrected chi connectivity index (χ3v) is 4.20. The Morgan fingerprint density at radius 2 is 2.04 bits per heavy atom. The van der Waals surface area contributed by atoms with Crippen molar-refractivity contribution in [1.29, 1.82) is 0 Å². The largest absolute Gasteiger partial charge is 0.350 e. The Bertz CT molecular complexity index is 683. The molecular weight excluding hydrogens is 322 g/mol. The van der Waals surface area contributed by atoms with Gasteiger partial charge in [0, 0.05) is 26.0 Å². The van der Waals surface area contributed by atoms with Crippen molar-refractivity contribution >= 4 is 23.2 Å². The van der Waals surface area contributed by atoms with Gasteiger partial charge in [-0.25, -0.2) is 4.98 Å². The van der Waals surface area contributed by atoms with Crippen LogP contribution in [0.1, 0.15) is 16.3 Å². The van der Waals surface area contributed by atoms with Gasteiger partial charge in [0.15, 0.2) is 5.96 Å². The summed E-state index contributed by atoms with van der Waals surface area (Å²) >= 11 is 1.63. The maximum atomic E-state index is 12.0. The second-order valence-corrected chi connectivity index (χ2v) is 6.44. The Morgan fingerprint density at radius 3 is 2.67 bits per heavy atom. The number of amides is 1. The molecule has 2 N–H and O–H groups in total. The SMILES string of the molecule is CN=C(NCC(=O)NCc1ccccc1)N(C)Cc1csc(C)n1. The monoisotopic (exact) mass is 345 g/mol. The minimum atomic E-state index is -0.0714. The number of thiazole rings is 1. The van der Waals surface area contributed by atoms with Gasteiger partial charge in [0.1, 0.15) is 0 Å². The minimum Gasteiger partial charge on any atom is -0.350 e. The van der Waals surface area contributed by atoms with Gasteiger partial charge < -0.3 is 15.5 Å². The zero-order chi connectivity index (χ0) is 17.4. The van der Waals surface area contributed by atoms with Crippen LogP contribution in [0.3, 0.4) is 0 Å². The van der Waals surface area contributed by atoms with Crippen LogP contribution in [0.15, 0.2) is 40.7 Å². The van der Waals surface area contributed by atoms with Crippen LogP contribution >= 0.6 is 11.3 Å². The van der Waals surface area contributed by atoms with E-state index in [1.54, 1.807) is 18.4 Å². The Labute approximate surface area is 146 Å². The Morgan fingerprint density at radius 1 is 1.29 bits per heavy atom. The number of nitrogens with zero attached hydrogens (tertiary/aromatic N) is 3. The van der Waals surface area contributed by atoms with Gasteiger partial charge in [0.2, 0.25) is 5.91 Å². The van der Waals surface area contributed by atoms with Crippen LogP contribution in [0.5, 0.6) is 0 Å². The number of hydrogen-bond acceptors (Lipinski definition) is 4. The molecule has 1 aromatic heterocycles. The second-order valence-electron chi connectivity index (χ2n) is 5.38. The molecule has 0 radical (unpaired) electrons. The molecule has 1 amide bonds. The fourth-order valence-corrected chi connectivity index (χ4v) is 2.81. The van der Waals surface area contributed by atoms with Crippen molar-refractivity contribution in [1.82, 2.24) is 20.5 Å². The summed E-state index contributed by atoms with van der Waals surface area (Å²) in [5.41, 5.74) is 2.07. The molecule has 0 aliphatic rings. The van der Waals surface area contributed by atoms with E-state index in [9.17, 15) is 4.79 Å². The summed E-state index contributed by atoms with van der Waals surface area (Å²) < 4.78 is 0. The number of aromatic nitrogens is 1. The number of benzene rings is 1. The van der Waals surface area contributed by atoms with Crippen molar-refractivity contribution in [2.75, 3.05) is 20.6 Å². The number of carbonyl (C=O) groups is 1. The summed E-state index contributed by atoms with van der Waals surface area (Å²) in [6.45, 7) is 3.34. The van der Waals surface area contributed by atoms with E-state index in [1.165, 1.54) is 0 Å². The fraction of sp³-hybridized carbons (Fsp3) is 0.353. The highest BCUT2D eigenvalue weighted by atomic mass is 32.1. The smallest absolute Gasteiger partial charge is 0.239 e. The lowest BCUT2D eigenvalue weighted by Gasteiger charge is -2.21. The highest BCUT2D eigenvalue weighted by Gasteiger charge is 2.10. The average molecular weight is 345 g/mol. The summed E-state index contributed by atoms with van der Waals surface area (Å²) in [6.07, 6.45) is 0. The molecule has 0 spiro atoms. The van der Waals surface area contributed by atoms with Gasteiger partial charge in [-0.15, -0.1) is 11.3 Å². The summed E-state index contributed by atoms with van der Waals surface area (Å²) in [6, 6.07) is 9.83. The molecule has 0 unspecified atom stereocenters. The molecule has 2 rings (SSSR count). The maximum absolute atomic E-state index is 12.0. The highest BCUT2D eigenvalue weighted by molar-refractivity contribution is 7.09. The van der Waals surface area contributed by atoms with E-state index >= 15 is 0 Å². The summed E-state index contributed by atoms with van der Waals surface area (Å²) in [5.74, 6) is 0.591. The first-order valence-corrected chi connectivity index (χ1v) is 8.60. The molecule has 0 atom stereocenters. The summed E-state index contributed by atoms with van der Waals surface area (Å²) in [5, 5.41) is 9.03. The Kier molecular flexibility index (Phi) is 6.74. The lowest BCUT2D eigenvalue weighted by Crippen LogP contribution is -2.43. The van der Waals surface area contributed by atoms with Gasteiger partial charge in [-0.05, 0) is 12.5 Å². The van der Waals surface area contributed by atoms with E-state index in [4.69, 9.17) is 0 Å². The van der Waals surface area contributed by atoms with E-state index < -0.39 is 0 Å². The first-order valence-electron chi connectivity index (χ1n) is 7.72. The number of aliphatic imine (C=N–C) groups is 1. The maximum Gasteiger partial charge on any atom is 0.239 e. The van der Waals surface area contributed by atoms with Gasteiger partial charge in [-0.3, -0.25) is 9.79 Å². The molecule has 1 aromatic carbocycles. The number of guanidine groups is 1. The van der Waals surface area contributed by atoms with E-state index in [0.29, 0.717) is 19.0 Å². The lowest BCUT2D eigenvalue weighted by atomic mass is 10.2. The van der Waals surface area contributed by atoms with Gasteiger partial charge in [-0.2, -0.15) is 0 Å². The number of nitrogens with one attached hydrogen (secondary N) is 2. The van der Waals surface area contributed by atoms with Crippen molar-refractivity contribution in [2.24, 2.45) is 4.99 Å². The molecule has 24 heavy (non-hydrogen) atoms. The van der Waals surface area contributed by atoms with Gasteiger partial charge in [0.05, 0.1) is 23.8 Å². The van der Waals surface area contributed by atoms with Crippen LogP contribution < -0.4 is 10.6 Å². The molecule has 2 aromatic rings. The van der Waals surface area contributed by atoms with Crippen LogP contribution in [0.25, 0.3) is 0 Å². The van der Waals surface area contributed by atoms with Crippen molar-refractivity contribution < 1.29 is 4.79 Å². The normalized spacial score (nSPS) is 11.2. The van der Waals surface area contributed by atoms with Crippen molar-refractivity contribution in [3.8, 4) is 0 Å². The van der Waals surface area contributed by atoms with Crippen molar-refractivity contribution in [3.63, 3.8) is 0 Å². The first-order chi connectivity index (χ1) is 11.6. The quantitative estimate of drug-likeness (QED) is 0.618. The van der Waals surface area contributed by atoms with E-state index in [2.05, 4.69) is 20.6 Å². The van der Waals surface area contributed by atoms with Crippen molar-refractivity contribution in [3.05, 3.63) is 52.0 Å². The highest BCUT2D eigenvalue weighted by Crippen LogP contribution is 2.09. The average Bonchev–Trinajstić information content (AvgIpc) is 2.99. The number of aryl methyl sites for hydroxylation is 1. The molecule has 0 saturated heterocycles. The van der Waals surface area contributed by atoms with Crippen LogP contribution in [0, 0.1) is 6.92 Å². The third kappa shape index (κ3) is 5.66. The van der Waals surface area contributed by atoms with Crippen LogP contribution in [0.2, 0.25) is 0 Å². The molecular formula is C17H23N5OS. The predicted molar refractivity (Wildman–Crippen MR) is 98.0 cm³/mol. The topological polar surface area (TPSA) is 69.6 Å². The molecule has 0 fully saturated rings. The molecule has 0 aliphatic carbocycles. The summed E-state index contributed by atoms with van der Waals surface area (Å²) in [7, 11) is 3.62. The second kappa shape index (κ2) is 9.02. The molecule has 0 bridgehead atoms. The predicted octanol–water partition coefficient (Wildman–Crippen LogP) is 1.78. The van der Waals surface area contributed by atoms with Crippen LogP contribution in [-0.4, -0.2) is 42.4 Å². The van der Waals surface area contributed by atoms with Gasteiger partial charge in [0.25, 0.3) is 0 Å². The molecule has 128 valence electrons. The molecule has 0 aliphatic heterocycles. The molecule has 1 heterocycles. The zero-order valence-corrected chi connectivity index (χ0v) is 15.1. The van der Waals surface area contributed by atoms with E-state index in [1.807, 2.05) is 54.6 Å². The molecule has 0 saturated carbocycles. The number of rotatable bonds is 6. The van der Waals surface area contributed by atoms with Crippen LogP contribution in [-0.2, 0) is 17.9 Å². The minimum absolute atomic E-state index is 0.0714. The van der Waals surface area contributed by atoms with E-state index in [-0.39, 0.29) is 12.5 Å². The molecule has 6 nitrogen and oxygen atoms in total. The first kappa shape index (κ1) is 17.9. The number of carbonyl (C=O) groups excluding carboxylic acids is 1. The molecule has 7 heteroatoms. The van der Waals surface area contributed by atoms with E-state index in [0.717, 1.165) is 16.3 Å². The standard InChI is InChI=1S/C17H23N5OS/c1-13-21-15(12-24-13)11-22(3)17(18-2)20-10-16(23)19-9-14-7-5-4-6-8-14/h4-8,12H,9-11H2,1-3H3,(H,18,20)(H,19,23). The van der Waals surface area contributed by atoms with Crippen molar-refractivity contribution in [2.45, 2.75) is 20.0 Å². The van der Waals surface area contributed by atoms with Gasteiger partial charge >= 0.3 is 0 Å². The third-order valence-electron chi connectivity index (χ3n) is 3.38. The zero-order valence-electron chi connectivity index (χ0n) is 14.2. The fourth-order valence-electron chi connectivity index (χ4n) is 2.20. The Balaban J connectivity index is 1.77. The Hall–Kier alpha value is -2.41.